The van der Waals surface area contributed by atoms with Gasteiger partial charge in [-0.15, -0.1) is 0 Å². The van der Waals surface area contributed by atoms with Crippen LogP contribution in [-0.4, -0.2) is 59.4 Å². The topological polar surface area (TPSA) is 155 Å². The summed E-state index contributed by atoms with van der Waals surface area (Å²) in [7, 11) is -3.79. The number of sulfonamides is 1. The largest absolute Gasteiger partial charge is 0.453 e. The molecule has 0 unspecified atom stereocenters. The van der Waals surface area contributed by atoms with Gasteiger partial charge in [0.2, 0.25) is 16.0 Å². The van der Waals surface area contributed by atoms with Gasteiger partial charge in [-0.3, -0.25) is 14.1 Å². The quantitative estimate of drug-likeness (QED) is 0.320. The van der Waals surface area contributed by atoms with Crippen LogP contribution in [0.5, 0.6) is 11.5 Å². The fourth-order valence-corrected chi connectivity index (χ4v) is 7.00. The molecule has 4 aromatic rings. The molecule has 0 bridgehead atoms. The van der Waals surface area contributed by atoms with E-state index in [9.17, 15) is 22.9 Å². The van der Waals surface area contributed by atoms with E-state index in [-0.39, 0.29) is 22.4 Å². The Morgan fingerprint density at radius 3 is 2.51 bits per heavy atom. The first-order chi connectivity index (χ1) is 20.8. The van der Waals surface area contributed by atoms with E-state index >= 15 is 0 Å². The number of halogens is 1. The van der Waals surface area contributed by atoms with Crippen molar-refractivity contribution in [3.05, 3.63) is 70.8 Å². The molecule has 1 aliphatic heterocycles. The van der Waals surface area contributed by atoms with E-state index in [4.69, 9.17) is 4.74 Å². The molecule has 2 N–H and O–H groups in total. The molecule has 0 amide bonds. The Labute approximate surface area is 247 Å². The summed E-state index contributed by atoms with van der Waals surface area (Å²) in [6, 6.07) is 8.54. The molecule has 0 radical (unpaired) electrons. The zero-order valence-electron chi connectivity index (χ0n) is 23.2. The number of nitrogens with one attached hydrogen (secondary N) is 2. The molecule has 2 aromatic heterocycles. The Morgan fingerprint density at radius 1 is 1.05 bits per heavy atom. The van der Waals surface area contributed by atoms with Crippen molar-refractivity contribution in [2.24, 2.45) is 0 Å². The predicted molar refractivity (Wildman–Crippen MR) is 159 cm³/mol. The van der Waals surface area contributed by atoms with Crippen molar-refractivity contribution >= 4 is 32.6 Å². The Balaban J connectivity index is 1.29. The van der Waals surface area contributed by atoms with E-state index in [1.54, 1.807) is 18.5 Å². The Bertz CT molecular complexity index is 1860. The average Bonchev–Trinajstić information content (AvgIpc) is 3.04. The Hall–Kier alpha value is -4.61. The van der Waals surface area contributed by atoms with E-state index in [0.717, 1.165) is 51.5 Å². The summed E-state index contributed by atoms with van der Waals surface area (Å²) >= 11 is 0. The number of nitriles is 1. The van der Waals surface area contributed by atoms with Gasteiger partial charge < -0.3 is 15.0 Å². The highest BCUT2D eigenvalue weighted by molar-refractivity contribution is 7.93. The zero-order chi connectivity index (χ0) is 30.0. The lowest BCUT2D eigenvalue weighted by molar-refractivity contribution is 0.441. The number of anilines is 2. The van der Waals surface area contributed by atoms with Crippen LogP contribution >= 0.6 is 0 Å². The predicted octanol–water partition coefficient (Wildman–Crippen LogP) is 3.46. The number of nitrogens with zero attached hydrogens (tertiary/aromatic N) is 6. The van der Waals surface area contributed by atoms with Crippen LogP contribution < -0.4 is 25.2 Å². The number of aromatic nitrogens is 4. The third-order valence-electron chi connectivity index (χ3n) is 7.72. The minimum atomic E-state index is -3.79. The molecule has 0 atom stereocenters. The van der Waals surface area contributed by atoms with Crippen molar-refractivity contribution in [1.82, 2.24) is 24.8 Å². The Morgan fingerprint density at radius 2 is 1.79 bits per heavy atom. The highest BCUT2D eigenvalue weighted by Gasteiger charge is 2.29. The third kappa shape index (κ3) is 5.86. The molecule has 12 nitrogen and oxygen atoms in total. The standard InChI is InChI=1S/C29H29FN8O4S/c30-24-7-9-26(36-43(40,41)21-4-2-1-3-5-21)23(15-31)27(24)42-20-6-8-25-22(14-20)28(39)38(18-35-25)19-16-33-29(34-17-19)37-12-10-32-11-13-37/h6-9,14,16-18,21,32,36H,1-5,10-13H2. The number of benzene rings is 2. The lowest BCUT2D eigenvalue weighted by Gasteiger charge is -2.27. The van der Waals surface area contributed by atoms with Crippen molar-refractivity contribution in [1.29, 1.82) is 5.26 Å². The van der Waals surface area contributed by atoms with E-state index in [1.807, 2.05) is 6.07 Å². The van der Waals surface area contributed by atoms with Crippen LogP contribution in [0, 0.1) is 17.1 Å². The molecule has 43 heavy (non-hydrogen) atoms. The number of hydrogen-bond acceptors (Lipinski definition) is 10. The van der Waals surface area contributed by atoms with Gasteiger partial charge in [-0.25, -0.2) is 27.8 Å². The summed E-state index contributed by atoms with van der Waals surface area (Å²) < 4.78 is 50.5. The lowest BCUT2D eigenvalue weighted by Crippen LogP contribution is -2.44. The highest BCUT2D eigenvalue weighted by atomic mass is 32.2. The molecule has 1 saturated heterocycles. The van der Waals surface area contributed by atoms with E-state index < -0.39 is 32.4 Å². The van der Waals surface area contributed by atoms with Crippen molar-refractivity contribution in [3.63, 3.8) is 0 Å². The summed E-state index contributed by atoms with van der Waals surface area (Å²) in [6.07, 6.45) is 8.12. The highest BCUT2D eigenvalue weighted by Crippen LogP contribution is 2.35. The van der Waals surface area contributed by atoms with Crippen LogP contribution in [0.3, 0.4) is 0 Å². The van der Waals surface area contributed by atoms with Gasteiger partial charge >= 0.3 is 0 Å². The number of hydrogen-bond donors (Lipinski definition) is 2. The van der Waals surface area contributed by atoms with Gasteiger partial charge in [-0.2, -0.15) is 5.26 Å². The van der Waals surface area contributed by atoms with E-state index in [0.29, 0.717) is 30.0 Å². The first-order valence-electron chi connectivity index (χ1n) is 14.1. The van der Waals surface area contributed by atoms with Crippen LogP contribution in [0.2, 0.25) is 0 Å². The molecule has 0 spiro atoms. The number of fused-ring (bicyclic) bond motifs is 1. The van der Waals surface area contributed by atoms with Gasteiger partial charge in [-0.1, -0.05) is 19.3 Å². The summed E-state index contributed by atoms with van der Waals surface area (Å²) in [4.78, 5) is 28.7. The van der Waals surface area contributed by atoms with Gasteiger partial charge in [0.05, 0.1) is 39.9 Å². The third-order valence-corrected chi connectivity index (χ3v) is 9.57. The van der Waals surface area contributed by atoms with Crippen LogP contribution in [0.15, 0.2) is 53.8 Å². The molecule has 2 fully saturated rings. The molecule has 14 heteroatoms. The molecule has 3 heterocycles. The molecule has 1 aliphatic carbocycles. The van der Waals surface area contributed by atoms with Crippen LogP contribution in [-0.2, 0) is 10.0 Å². The van der Waals surface area contributed by atoms with Crippen LogP contribution in [0.4, 0.5) is 16.0 Å². The maximum atomic E-state index is 15.0. The van der Waals surface area contributed by atoms with Gasteiger partial charge in [0.1, 0.15) is 23.7 Å². The average molecular weight is 605 g/mol. The first-order valence-corrected chi connectivity index (χ1v) is 15.6. The zero-order valence-corrected chi connectivity index (χ0v) is 24.0. The number of rotatable bonds is 7. The summed E-state index contributed by atoms with van der Waals surface area (Å²) in [6.45, 7) is 3.24. The second kappa shape index (κ2) is 11.9. The SMILES string of the molecule is N#Cc1c(NS(=O)(=O)C2CCCCC2)ccc(F)c1Oc1ccc2ncn(-c3cnc(N4CCNCC4)nc3)c(=O)c2c1. The maximum Gasteiger partial charge on any atom is 0.266 e. The van der Waals surface area contributed by atoms with Crippen molar-refractivity contribution in [2.45, 2.75) is 37.4 Å². The van der Waals surface area contributed by atoms with Gasteiger partial charge in [0.25, 0.3) is 5.56 Å². The van der Waals surface area contributed by atoms with Crippen molar-refractivity contribution < 1.29 is 17.5 Å². The van der Waals surface area contributed by atoms with E-state index in [2.05, 4.69) is 29.9 Å². The summed E-state index contributed by atoms with van der Waals surface area (Å²) in [5, 5.41) is 12.7. The molecule has 6 rings (SSSR count). The maximum absolute atomic E-state index is 15.0. The molecule has 2 aromatic carbocycles. The van der Waals surface area contributed by atoms with Gasteiger partial charge in [0.15, 0.2) is 11.6 Å². The lowest BCUT2D eigenvalue weighted by atomic mass is 10.0. The Kier molecular flexibility index (Phi) is 7.92. The first kappa shape index (κ1) is 28.5. The fraction of sp³-hybridized carbons (Fsp3) is 0.345. The van der Waals surface area contributed by atoms with Gasteiger partial charge in [0, 0.05) is 26.2 Å². The smallest absolute Gasteiger partial charge is 0.266 e. The fourth-order valence-electron chi connectivity index (χ4n) is 5.40. The van der Waals surface area contributed by atoms with E-state index in [1.165, 1.54) is 29.1 Å². The van der Waals surface area contributed by atoms with Gasteiger partial charge in [-0.05, 0) is 43.2 Å². The van der Waals surface area contributed by atoms with Crippen molar-refractivity contribution in [3.8, 4) is 23.3 Å². The minimum absolute atomic E-state index is 0.0668. The monoisotopic (exact) mass is 604 g/mol. The second-order valence-electron chi connectivity index (χ2n) is 10.5. The molecular formula is C29H29FN8O4S. The van der Waals surface area contributed by atoms with Crippen LogP contribution in [0.1, 0.15) is 37.7 Å². The van der Waals surface area contributed by atoms with Crippen molar-refractivity contribution in [2.75, 3.05) is 35.8 Å². The summed E-state index contributed by atoms with van der Waals surface area (Å²) in [5.74, 6) is -0.673. The molecule has 1 saturated carbocycles. The molecule has 2 aliphatic rings. The number of ether oxygens (including phenoxy) is 1. The number of piperazine rings is 1. The normalized spacial score (nSPS) is 16.1. The second-order valence-corrected chi connectivity index (χ2v) is 12.5. The summed E-state index contributed by atoms with van der Waals surface area (Å²) in [5.41, 5.74) is -0.00501. The molecule has 222 valence electrons. The molecular weight excluding hydrogens is 575 g/mol. The minimum Gasteiger partial charge on any atom is -0.453 e. The van der Waals surface area contributed by atoms with Crippen LogP contribution in [0.25, 0.3) is 16.6 Å².